The molecule has 23 heavy (non-hydrogen) atoms. The first-order chi connectivity index (χ1) is 10.8. The smallest absolute Gasteiger partial charge is 0.303 e. The Hall–Kier alpha value is -2.09. The number of aliphatic carboxylic acids is 1. The SMILES string of the molecule is CCS(=O)(=O)CC(=O)NCc1ccc(OCCCC(=O)O)cc1. The van der Waals surface area contributed by atoms with Crippen molar-refractivity contribution in [2.24, 2.45) is 0 Å². The van der Waals surface area contributed by atoms with E-state index in [9.17, 15) is 18.0 Å². The quantitative estimate of drug-likeness (QED) is 0.613. The van der Waals surface area contributed by atoms with Gasteiger partial charge in [0.05, 0.1) is 6.61 Å². The van der Waals surface area contributed by atoms with Gasteiger partial charge in [-0.2, -0.15) is 0 Å². The van der Waals surface area contributed by atoms with E-state index in [0.717, 1.165) is 5.56 Å². The Bertz CT molecular complexity index is 624. The van der Waals surface area contributed by atoms with E-state index < -0.39 is 27.5 Å². The second-order valence-electron chi connectivity index (χ2n) is 4.94. The predicted molar refractivity (Wildman–Crippen MR) is 85.0 cm³/mol. The first-order valence-corrected chi connectivity index (χ1v) is 9.05. The summed E-state index contributed by atoms with van der Waals surface area (Å²) in [6.07, 6.45) is 0.490. The maximum absolute atomic E-state index is 11.5. The van der Waals surface area contributed by atoms with Gasteiger partial charge in [0.1, 0.15) is 11.5 Å². The number of carbonyl (C=O) groups is 2. The van der Waals surface area contributed by atoms with Crippen molar-refractivity contribution in [3.63, 3.8) is 0 Å². The van der Waals surface area contributed by atoms with Crippen LogP contribution < -0.4 is 10.1 Å². The third-order valence-corrected chi connectivity index (χ3v) is 4.59. The molecule has 0 bridgehead atoms. The number of sulfone groups is 1. The first kappa shape index (κ1) is 19.0. The highest BCUT2D eigenvalue weighted by molar-refractivity contribution is 7.92. The first-order valence-electron chi connectivity index (χ1n) is 7.23. The van der Waals surface area contributed by atoms with Gasteiger partial charge in [-0.15, -0.1) is 0 Å². The monoisotopic (exact) mass is 343 g/mol. The van der Waals surface area contributed by atoms with Gasteiger partial charge in [0.25, 0.3) is 0 Å². The van der Waals surface area contributed by atoms with Crippen molar-refractivity contribution in [3.05, 3.63) is 29.8 Å². The Labute approximate surface area is 135 Å². The number of hydrogen-bond donors (Lipinski definition) is 2. The molecule has 0 unspecified atom stereocenters. The predicted octanol–water partition coefficient (Wildman–Crippen LogP) is 0.981. The number of nitrogens with one attached hydrogen (secondary N) is 1. The fraction of sp³-hybridized carbons (Fsp3) is 0.467. The second-order valence-corrected chi connectivity index (χ2v) is 7.30. The van der Waals surface area contributed by atoms with Crippen molar-refractivity contribution in [1.82, 2.24) is 5.32 Å². The van der Waals surface area contributed by atoms with Gasteiger partial charge in [-0.05, 0) is 24.1 Å². The van der Waals surface area contributed by atoms with E-state index in [1.165, 1.54) is 6.92 Å². The number of carbonyl (C=O) groups excluding carboxylic acids is 1. The molecule has 128 valence electrons. The molecule has 0 spiro atoms. The highest BCUT2D eigenvalue weighted by atomic mass is 32.2. The number of rotatable bonds is 10. The number of hydrogen-bond acceptors (Lipinski definition) is 5. The van der Waals surface area contributed by atoms with Crippen molar-refractivity contribution in [2.45, 2.75) is 26.3 Å². The van der Waals surface area contributed by atoms with Crippen LogP contribution in [0.2, 0.25) is 0 Å². The Morgan fingerprint density at radius 1 is 1.22 bits per heavy atom. The lowest BCUT2D eigenvalue weighted by Crippen LogP contribution is -2.30. The molecule has 0 aliphatic rings. The van der Waals surface area contributed by atoms with E-state index in [4.69, 9.17) is 9.84 Å². The summed E-state index contributed by atoms with van der Waals surface area (Å²) in [5.41, 5.74) is 0.810. The van der Waals surface area contributed by atoms with Crippen LogP contribution in [0.4, 0.5) is 0 Å². The molecule has 0 aliphatic heterocycles. The lowest BCUT2D eigenvalue weighted by Gasteiger charge is -2.08. The van der Waals surface area contributed by atoms with E-state index >= 15 is 0 Å². The number of carboxylic acids is 1. The summed E-state index contributed by atoms with van der Waals surface area (Å²) in [4.78, 5) is 21.9. The minimum atomic E-state index is -3.32. The zero-order valence-corrected chi connectivity index (χ0v) is 13.8. The Kier molecular flexibility index (Phi) is 7.53. The Morgan fingerprint density at radius 3 is 2.43 bits per heavy atom. The van der Waals surface area contributed by atoms with Gasteiger partial charge in [-0.25, -0.2) is 8.42 Å². The van der Waals surface area contributed by atoms with Crippen LogP contribution in [-0.4, -0.2) is 43.5 Å². The summed E-state index contributed by atoms with van der Waals surface area (Å²) in [7, 11) is -3.32. The van der Waals surface area contributed by atoms with E-state index in [2.05, 4.69) is 5.32 Å². The third kappa shape index (κ3) is 8.20. The van der Waals surface area contributed by atoms with Crippen LogP contribution in [0.3, 0.4) is 0 Å². The fourth-order valence-electron chi connectivity index (χ4n) is 1.67. The average Bonchev–Trinajstić information content (AvgIpc) is 2.50. The van der Waals surface area contributed by atoms with Crippen molar-refractivity contribution in [1.29, 1.82) is 0 Å². The van der Waals surface area contributed by atoms with Gasteiger partial charge in [-0.1, -0.05) is 19.1 Å². The molecule has 0 saturated carbocycles. The van der Waals surface area contributed by atoms with Crippen LogP contribution in [0.5, 0.6) is 5.75 Å². The molecule has 1 amide bonds. The zero-order valence-electron chi connectivity index (χ0n) is 12.9. The van der Waals surface area contributed by atoms with Gasteiger partial charge in [0.15, 0.2) is 9.84 Å². The minimum absolute atomic E-state index is 0.0603. The van der Waals surface area contributed by atoms with E-state index in [1.807, 2.05) is 0 Å². The highest BCUT2D eigenvalue weighted by Crippen LogP contribution is 2.12. The molecule has 0 fully saturated rings. The lowest BCUT2D eigenvalue weighted by molar-refractivity contribution is -0.137. The van der Waals surface area contributed by atoms with Crippen LogP contribution in [0.15, 0.2) is 24.3 Å². The van der Waals surface area contributed by atoms with Crippen LogP contribution in [0.1, 0.15) is 25.3 Å². The molecule has 0 aliphatic carbocycles. The second kappa shape index (κ2) is 9.14. The van der Waals surface area contributed by atoms with E-state index in [0.29, 0.717) is 18.8 Å². The van der Waals surface area contributed by atoms with Gasteiger partial charge in [0.2, 0.25) is 5.91 Å². The summed E-state index contributed by atoms with van der Waals surface area (Å²) in [6.45, 7) is 2.05. The molecule has 0 saturated heterocycles. The Balaban J connectivity index is 2.36. The molecule has 0 heterocycles. The van der Waals surface area contributed by atoms with E-state index in [1.54, 1.807) is 24.3 Å². The van der Waals surface area contributed by atoms with Crippen LogP contribution in [0, 0.1) is 0 Å². The van der Waals surface area contributed by atoms with Crippen molar-refractivity contribution < 1.29 is 27.9 Å². The van der Waals surface area contributed by atoms with Crippen LogP contribution in [-0.2, 0) is 26.0 Å². The molecular formula is C15H21NO6S. The molecule has 0 aromatic heterocycles. The molecule has 7 nitrogen and oxygen atoms in total. The van der Waals surface area contributed by atoms with E-state index in [-0.39, 0.29) is 18.7 Å². The summed E-state index contributed by atoms with van der Waals surface area (Å²) in [6, 6.07) is 6.93. The molecule has 1 aromatic carbocycles. The summed E-state index contributed by atoms with van der Waals surface area (Å²) >= 11 is 0. The molecule has 1 aromatic rings. The van der Waals surface area contributed by atoms with Gasteiger partial charge in [-0.3, -0.25) is 9.59 Å². The van der Waals surface area contributed by atoms with Crippen LogP contribution >= 0.6 is 0 Å². The van der Waals surface area contributed by atoms with Crippen molar-refractivity contribution in [3.8, 4) is 5.75 Å². The number of ether oxygens (including phenoxy) is 1. The zero-order chi connectivity index (χ0) is 17.3. The number of carboxylic acid groups (broad SMARTS) is 1. The average molecular weight is 343 g/mol. The molecule has 8 heteroatoms. The molecule has 0 atom stereocenters. The minimum Gasteiger partial charge on any atom is -0.494 e. The fourth-order valence-corrected chi connectivity index (χ4v) is 2.38. The summed E-state index contributed by atoms with van der Waals surface area (Å²) < 4.78 is 28.0. The maximum Gasteiger partial charge on any atom is 0.303 e. The lowest BCUT2D eigenvalue weighted by atomic mass is 10.2. The summed E-state index contributed by atoms with van der Waals surface area (Å²) in [5.74, 6) is -1.34. The third-order valence-electron chi connectivity index (χ3n) is 3.01. The highest BCUT2D eigenvalue weighted by Gasteiger charge is 2.13. The Morgan fingerprint density at radius 2 is 1.87 bits per heavy atom. The van der Waals surface area contributed by atoms with Gasteiger partial charge >= 0.3 is 5.97 Å². The molecular weight excluding hydrogens is 322 g/mol. The molecule has 2 N–H and O–H groups in total. The van der Waals surface area contributed by atoms with Crippen molar-refractivity contribution in [2.75, 3.05) is 18.1 Å². The number of benzene rings is 1. The standard InChI is InChI=1S/C15H21NO6S/c1-2-23(20,21)11-14(17)16-10-12-5-7-13(8-6-12)22-9-3-4-15(18)19/h5-8H,2-4,9-11H2,1H3,(H,16,17)(H,18,19). The summed E-state index contributed by atoms with van der Waals surface area (Å²) in [5, 5.41) is 11.1. The number of amides is 1. The largest absolute Gasteiger partial charge is 0.494 e. The molecule has 1 rings (SSSR count). The van der Waals surface area contributed by atoms with Gasteiger partial charge in [0, 0.05) is 18.7 Å². The maximum atomic E-state index is 11.5. The normalized spacial score (nSPS) is 11.0. The molecule has 0 radical (unpaired) electrons. The van der Waals surface area contributed by atoms with Crippen molar-refractivity contribution >= 4 is 21.7 Å². The van der Waals surface area contributed by atoms with Crippen LogP contribution in [0.25, 0.3) is 0 Å². The van der Waals surface area contributed by atoms with Gasteiger partial charge < -0.3 is 15.2 Å². The topological polar surface area (TPSA) is 110 Å².